The van der Waals surface area contributed by atoms with Gasteiger partial charge >= 0.3 is 159 Å². The maximum absolute atomic E-state index is 13.5. The van der Waals surface area contributed by atoms with Gasteiger partial charge in [-0.1, -0.05) is 0 Å². The molecule has 3 heterocycles. The van der Waals surface area contributed by atoms with Crippen molar-refractivity contribution in [1.29, 1.82) is 0 Å². The molecule has 0 unspecified atom stereocenters. The van der Waals surface area contributed by atoms with Gasteiger partial charge in [0.1, 0.15) is 0 Å². The van der Waals surface area contributed by atoms with E-state index >= 15 is 0 Å². The van der Waals surface area contributed by atoms with Gasteiger partial charge in [-0.2, -0.15) is 0 Å². The van der Waals surface area contributed by atoms with Crippen LogP contribution in [0.15, 0.2) is 46.1 Å². The summed E-state index contributed by atoms with van der Waals surface area (Å²) in [6.07, 6.45) is -0.410. The molecule has 0 saturated carbocycles. The van der Waals surface area contributed by atoms with Gasteiger partial charge in [0.2, 0.25) is 0 Å². The number of aromatic nitrogens is 2. The first-order chi connectivity index (χ1) is 13.4. The summed E-state index contributed by atoms with van der Waals surface area (Å²) in [6.45, 7) is 0.245. The molecule has 1 aromatic heterocycles. The number of nitrogens with zero attached hydrogens (tertiary/aromatic N) is 1. The number of H-pyrrole nitrogens is 1. The van der Waals surface area contributed by atoms with Crippen LogP contribution in [0, 0.1) is 5.82 Å². The Morgan fingerprint density at radius 3 is 2.86 bits per heavy atom. The normalized spacial score (nSPS) is 27.3. The van der Waals surface area contributed by atoms with E-state index in [1.807, 2.05) is 35.3 Å². The number of hydrogen-bond acceptors (Lipinski definition) is 7. The summed E-state index contributed by atoms with van der Waals surface area (Å²) < 4.78 is 36.7. The van der Waals surface area contributed by atoms with Crippen LogP contribution in [0.5, 0.6) is 0 Å². The fraction of sp³-hybridized carbons (Fsp3) is 0.412. The van der Waals surface area contributed by atoms with Crippen LogP contribution in [-0.4, -0.2) is 39.9 Å². The summed E-state index contributed by atoms with van der Waals surface area (Å²) >= 11 is 0. The molecule has 2 saturated heterocycles. The molecule has 11 heteroatoms. The van der Waals surface area contributed by atoms with Crippen molar-refractivity contribution >= 4 is 8.17 Å². The fourth-order valence-electron chi connectivity index (χ4n) is 3.25. The van der Waals surface area contributed by atoms with Crippen molar-refractivity contribution in [3.05, 3.63) is 68.7 Å². The summed E-state index contributed by atoms with van der Waals surface area (Å²) in [5, 5.41) is 0. The van der Waals surface area contributed by atoms with Gasteiger partial charge in [0.05, 0.1) is 0 Å². The second-order valence-corrected chi connectivity index (χ2v) is 8.44. The summed E-state index contributed by atoms with van der Waals surface area (Å²) in [5.74, 6) is -1.09. The maximum atomic E-state index is 13.5. The van der Waals surface area contributed by atoms with Crippen molar-refractivity contribution in [3.63, 3.8) is 0 Å². The van der Waals surface area contributed by atoms with Crippen molar-refractivity contribution in [2.24, 2.45) is 0 Å². The Morgan fingerprint density at radius 1 is 1.29 bits per heavy atom. The molecule has 0 aliphatic carbocycles. The Bertz CT molecular complexity index is 953. The van der Waals surface area contributed by atoms with Crippen LogP contribution in [0.3, 0.4) is 0 Å². The summed E-state index contributed by atoms with van der Waals surface area (Å²) in [5.41, 5.74) is -0.829. The molecule has 152 valence electrons. The molecule has 2 aliphatic rings. The van der Waals surface area contributed by atoms with Gasteiger partial charge in [-0.05, 0) is 0 Å². The van der Waals surface area contributed by atoms with Crippen LogP contribution < -0.4 is 11.2 Å². The number of ether oxygens (including phenoxy) is 1. The summed E-state index contributed by atoms with van der Waals surface area (Å²) in [7, 11) is -3.84. The number of fused-ring (bicyclic) bond motifs is 1. The molecule has 2 aliphatic heterocycles. The first-order valence-corrected chi connectivity index (χ1v) is 10.5. The van der Waals surface area contributed by atoms with Crippen molar-refractivity contribution in [2.45, 2.75) is 31.3 Å². The second-order valence-electron chi connectivity index (χ2n) is 6.58. The van der Waals surface area contributed by atoms with Crippen molar-refractivity contribution in [2.75, 3.05) is 13.2 Å². The Labute approximate surface area is 159 Å². The third kappa shape index (κ3) is 4.07. The van der Waals surface area contributed by atoms with Crippen LogP contribution in [-0.2, 0) is 24.7 Å². The van der Waals surface area contributed by atoms with Gasteiger partial charge in [0.15, 0.2) is 0 Å². The Kier molecular flexibility index (Phi) is 5.42. The molecule has 1 aromatic carbocycles. The van der Waals surface area contributed by atoms with Crippen molar-refractivity contribution in [1.82, 2.24) is 9.55 Å². The first kappa shape index (κ1) is 19.4. The minimum absolute atomic E-state index is 0.0236. The van der Waals surface area contributed by atoms with Gasteiger partial charge in [-0.25, -0.2) is 0 Å². The SMILES string of the molecule is O=c1[nH]c(=O)n([C@H]2C[C@@H]3O[PH](O)(OCCc4ccccc4)OC[C@H]3O2)cc1F. The molecular weight excluding hydrogens is 394 g/mol. The molecule has 4 rings (SSSR count). The third-order valence-corrected chi connectivity index (χ3v) is 6.36. The van der Waals surface area contributed by atoms with E-state index in [1.54, 1.807) is 0 Å². The quantitative estimate of drug-likeness (QED) is 0.703. The molecule has 3 atom stereocenters. The molecule has 2 aromatic rings. The van der Waals surface area contributed by atoms with Crippen LogP contribution in [0.2, 0.25) is 0 Å². The molecule has 0 bridgehead atoms. The predicted octanol–water partition coefficient (Wildman–Crippen LogP) is 1.04. The van der Waals surface area contributed by atoms with Crippen LogP contribution in [0.1, 0.15) is 18.2 Å². The number of halogens is 1. The Morgan fingerprint density at radius 2 is 2.07 bits per heavy atom. The molecular formula is C17H20FN2O7P. The average Bonchev–Trinajstić information content (AvgIpc) is 3.08. The molecule has 0 spiro atoms. The van der Waals surface area contributed by atoms with Gasteiger partial charge in [-0.3, -0.25) is 0 Å². The monoisotopic (exact) mass is 414 g/mol. The van der Waals surface area contributed by atoms with Gasteiger partial charge in [-0.15, -0.1) is 0 Å². The minimum atomic E-state index is -3.84. The molecule has 28 heavy (non-hydrogen) atoms. The van der Waals surface area contributed by atoms with Gasteiger partial charge < -0.3 is 0 Å². The van der Waals surface area contributed by atoms with E-state index in [9.17, 15) is 18.9 Å². The summed E-state index contributed by atoms with van der Waals surface area (Å²) in [6, 6.07) is 9.64. The molecule has 0 radical (unpaired) electrons. The fourth-order valence-corrected chi connectivity index (χ4v) is 4.84. The Hall–Kier alpha value is -1.94. The van der Waals surface area contributed by atoms with E-state index in [0.717, 1.165) is 16.3 Å². The number of hydrogen-bond donors (Lipinski definition) is 2. The second kappa shape index (κ2) is 7.82. The van der Waals surface area contributed by atoms with Gasteiger partial charge in [0.25, 0.3) is 0 Å². The van der Waals surface area contributed by atoms with E-state index in [4.69, 9.17) is 18.3 Å². The number of aromatic amines is 1. The molecule has 2 fully saturated rings. The van der Waals surface area contributed by atoms with E-state index in [0.29, 0.717) is 6.42 Å². The Balaban J connectivity index is 1.38. The molecule has 0 amide bonds. The first-order valence-electron chi connectivity index (χ1n) is 8.82. The van der Waals surface area contributed by atoms with Crippen LogP contribution in [0.25, 0.3) is 0 Å². The summed E-state index contributed by atoms with van der Waals surface area (Å²) in [4.78, 5) is 35.5. The van der Waals surface area contributed by atoms with E-state index in [2.05, 4.69) is 0 Å². The van der Waals surface area contributed by atoms with Crippen LogP contribution >= 0.6 is 8.17 Å². The van der Waals surface area contributed by atoms with Gasteiger partial charge in [0, 0.05) is 0 Å². The molecule has 9 nitrogen and oxygen atoms in total. The van der Waals surface area contributed by atoms with Crippen LogP contribution in [0.4, 0.5) is 4.39 Å². The zero-order chi connectivity index (χ0) is 19.7. The van der Waals surface area contributed by atoms with E-state index in [-0.39, 0.29) is 19.6 Å². The third-order valence-electron chi connectivity index (χ3n) is 4.66. The molecule has 2 N–H and O–H groups in total. The predicted molar refractivity (Wildman–Crippen MR) is 97.3 cm³/mol. The number of rotatable bonds is 5. The number of nitrogens with one attached hydrogen (secondary N) is 1. The van der Waals surface area contributed by atoms with E-state index < -0.39 is 43.7 Å². The average molecular weight is 414 g/mol. The van der Waals surface area contributed by atoms with E-state index in [1.165, 1.54) is 0 Å². The topological polar surface area (TPSA) is 112 Å². The van der Waals surface area contributed by atoms with Crippen molar-refractivity contribution in [3.8, 4) is 0 Å². The zero-order valence-electron chi connectivity index (χ0n) is 14.7. The standard InChI is InChI=1S/C17H20FN2O7P/c18-12-9-20(17(22)19-16(12)21)15-8-13-14(26-15)10-25-28(23,27-13)24-7-6-11-4-2-1-3-5-11/h1-5,9,13-15,23,28H,6-8,10H2,(H,19,21,22)/t13-,14+,15+/m0/s1. The van der Waals surface area contributed by atoms with Crippen molar-refractivity contribution < 1.29 is 27.6 Å². The number of benzene rings is 1. The zero-order valence-corrected chi connectivity index (χ0v) is 15.7.